The number of benzene rings is 3. The third-order valence-corrected chi connectivity index (χ3v) is 5.84. The number of sulfonamides is 1. The van der Waals surface area contributed by atoms with Crippen LogP contribution in [0.4, 0.5) is 17.3 Å². The largest absolute Gasteiger partial charge is 0.545 e. The van der Waals surface area contributed by atoms with Crippen molar-refractivity contribution in [2.24, 2.45) is 0 Å². The molecule has 0 bridgehead atoms. The first kappa shape index (κ1) is 20.6. The molecule has 0 saturated heterocycles. The van der Waals surface area contributed by atoms with Crippen molar-refractivity contribution in [2.75, 3.05) is 10.0 Å². The summed E-state index contributed by atoms with van der Waals surface area (Å²) in [7, 11) is -4.02. The maximum absolute atomic E-state index is 12.9. The number of carboxylic acid groups (broad SMARTS) is 1. The van der Waals surface area contributed by atoms with Gasteiger partial charge < -0.3 is 15.2 Å². The van der Waals surface area contributed by atoms with Crippen LogP contribution in [0.3, 0.4) is 0 Å². The number of aromatic nitrogens is 2. The van der Waals surface area contributed by atoms with Crippen molar-refractivity contribution in [2.45, 2.75) is 4.90 Å². The van der Waals surface area contributed by atoms with E-state index in [0.717, 1.165) is 0 Å². The van der Waals surface area contributed by atoms with Crippen molar-refractivity contribution in [3.8, 4) is 0 Å². The molecule has 4 rings (SSSR count). The minimum Gasteiger partial charge on any atom is -0.545 e. The number of fused-ring (bicyclic) bond motifs is 1. The molecular formula is C21H14ClN4O4S-. The molecule has 0 aliphatic heterocycles. The van der Waals surface area contributed by atoms with E-state index in [0.29, 0.717) is 16.7 Å². The van der Waals surface area contributed by atoms with Gasteiger partial charge in [0.15, 0.2) is 11.6 Å². The minimum atomic E-state index is -4.02. The average molecular weight is 454 g/mol. The highest BCUT2D eigenvalue weighted by molar-refractivity contribution is 7.92. The summed E-state index contributed by atoms with van der Waals surface area (Å²) in [5.41, 5.74) is 1.32. The molecule has 0 atom stereocenters. The monoisotopic (exact) mass is 453 g/mol. The highest BCUT2D eigenvalue weighted by Gasteiger charge is 2.19. The van der Waals surface area contributed by atoms with Crippen LogP contribution in [0.1, 0.15) is 10.4 Å². The topological polar surface area (TPSA) is 124 Å². The lowest BCUT2D eigenvalue weighted by molar-refractivity contribution is -0.255. The molecule has 8 nitrogen and oxygen atoms in total. The highest BCUT2D eigenvalue weighted by atomic mass is 35.5. The second-order valence-corrected chi connectivity index (χ2v) is 8.58. The van der Waals surface area contributed by atoms with Crippen molar-refractivity contribution in [1.29, 1.82) is 0 Å². The number of para-hydroxylation sites is 2. The summed E-state index contributed by atoms with van der Waals surface area (Å²) in [5.74, 6) is -1.30. The number of carbonyl (C=O) groups is 1. The number of aromatic carboxylic acids is 1. The molecule has 0 fully saturated rings. The molecule has 0 saturated carbocycles. The number of nitrogens with one attached hydrogen (secondary N) is 2. The van der Waals surface area contributed by atoms with Gasteiger partial charge in [-0.2, -0.15) is 0 Å². The molecule has 0 aliphatic rings. The van der Waals surface area contributed by atoms with Crippen LogP contribution in [0.15, 0.2) is 77.7 Å². The summed E-state index contributed by atoms with van der Waals surface area (Å²) >= 11 is 5.93. The van der Waals surface area contributed by atoms with Gasteiger partial charge in [0.1, 0.15) is 0 Å². The van der Waals surface area contributed by atoms with Gasteiger partial charge in [-0.3, -0.25) is 4.72 Å². The Labute approximate surface area is 182 Å². The van der Waals surface area contributed by atoms with Crippen molar-refractivity contribution < 1.29 is 18.3 Å². The molecule has 0 unspecified atom stereocenters. The highest BCUT2D eigenvalue weighted by Crippen LogP contribution is 2.28. The van der Waals surface area contributed by atoms with E-state index in [2.05, 4.69) is 20.0 Å². The van der Waals surface area contributed by atoms with E-state index in [1.807, 2.05) is 0 Å². The van der Waals surface area contributed by atoms with Crippen molar-refractivity contribution in [1.82, 2.24) is 9.97 Å². The number of anilines is 3. The Bertz CT molecular complexity index is 1410. The Morgan fingerprint density at radius 3 is 2.23 bits per heavy atom. The Balaban J connectivity index is 1.78. The Morgan fingerprint density at radius 1 is 0.871 bits per heavy atom. The number of halogens is 1. The molecule has 31 heavy (non-hydrogen) atoms. The van der Waals surface area contributed by atoms with Gasteiger partial charge in [-0.1, -0.05) is 41.9 Å². The van der Waals surface area contributed by atoms with Gasteiger partial charge >= 0.3 is 0 Å². The molecule has 1 aromatic heterocycles. The standard InChI is InChI=1S/C21H15ClN4O4S/c22-14-6-4-8-16(12-14)31(29,30)26-20-19(24-17-9-1-2-10-18(17)25-20)23-15-7-3-5-13(11-15)21(27)28/h1-12H,(H,23,24)(H,25,26)(H,27,28)/p-1. The number of carbonyl (C=O) groups excluding carboxylic acids is 1. The summed E-state index contributed by atoms with van der Waals surface area (Å²) < 4.78 is 28.2. The lowest BCUT2D eigenvalue weighted by atomic mass is 10.2. The first-order chi connectivity index (χ1) is 14.8. The fourth-order valence-corrected chi connectivity index (χ4v) is 4.15. The van der Waals surface area contributed by atoms with Crippen molar-refractivity contribution in [3.63, 3.8) is 0 Å². The lowest BCUT2D eigenvalue weighted by Gasteiger charge is -2.14. The van der Waals surface area contributed by atoms with Gasteiger partial charge in [0.05, 0.1) is 21.9 Å². The van der Waals surface area contributed by atoms with Crippen LogP contribution in [0.2, 0.25) is 5.02 Å². The van der Waals surface area contributed by atoms with E-state index in [4.69, 9.17) is 11.6 Å². The Kier molecular flexibility index (Phi) is 5.45. The lowest BCUT2D eigenvalue weighted by Crippen LogP contribution is -2.22. The minimum absolute atomic E-state index is 0.0418. The van der Waals surface area contributed by atoms with E-state index in [1.165, 1.54) is 36.4 Å². The van der Waals surface area contributed by atoms with Crippen molar-refractivity contribution in [3.05, 3.63) is 83.4 Å². The molecule has 0 amide bonds. The van der Waals surface area contributed by atoms with Gasteiger partial charge in [0.2, 0.25) is 0 Å². The molecule has 2 N–H and O–H groups in total. The quantitative estimate of drug-likeness (QED) is 0.459. The first-order valence-corrected chi connectivity index (χ1v) is 10.8. The first-order valence-electron chi connectivity index (χ1n) is 8.95. The molecule has 0 radical (unpaired) electrons. The second kappa shape index (κ2) is 8.21. The van der Waals surface area contributed by atoms with Crippen LogP contribution in [0, 0.1) is 0 Å². The summed E-state index contributed by atoms with van der Waals surface area (Å²) in [6.45, 7) is 0. The van der Waals surface area contributed by atoms with Crippen LogP contribution in [0.25, 0.3) is 11.0 Å². The third-order valence-electron chi connectivity index (χ3n) is 4.27. The number of rotatable bonds is 6. The summed E-state index contributed by atoms with van der Waals surface area (Å²) in [4.78, 5) is 19.9. The van der Waals surface area contributed by atoms with Gasteiger partial charge in [-0.25, -0.2) is 18.4 Å². The number of carboxylic acids is 1. The van der Waals surface area contributed by atoms with Gasteiger partial charge in [0.25, 0.3) is 10.0 Å². The summed E-state index contributed by atoms with van der Waals surface area (Å²) in [6, 6.07) is 18.6. The van der Waals surface area contributed by atoms with Crippen LogP contribution >= 0.6 is 11.6 Å². The molecule has 3 aromatic carbocycles. The molecule has 0 aliphatic carbocycles. The van der Waals surface area contributed by atoms with Crippen LogP contribution < -0.4 is 15.1 Å². The average Bonchev–Trinajstić information content (AvgIpc) is 2.74. The molecule has 4 aromatic rings. The zero-order valence-corrected chi connectivity index (χ0v) is 17.3. The maximum Gasteiger partial charge on any atom is 0.263 e. The predicted molar refractivity (Wildman–Crippen MR) is 116 cm³/mol. The number of nitrogens with zero attached hydrogens (tertiary/aromatic N) is 2. The Hall–Kier alpha value is -3.69. The number of hydrogen-bond donors (Lipinski definition) is 2. The SMILES string of the molecule is O=C([O-])c1cccc(Nc2nc3ccccc3nc2NS(=O)(=O)c2cccc(Cl)c2)c1. The second-order valence-electron chi connectivity index (χ2n) is 6.47. The van der Waals surface area contributed by atoms with E-state index >= 15 is 0 Å². The van der Waals surface area contributed by atoms with Crippen molar-refractivity contribution >= 4 is 56.0 Å². The Morgan fingerprint density at radius 2 is 1.55 bits per heavy atom. The fourth-order valence-electron chi connectivity index (χ4n) is 2.84. The summed E-state index contributed by atoms with van der Waals surface area (Å²) in [6.07, 6.45) is 0. The van der Waals surface area contributed by atoms with Crippen LogP contribution in [0.5, 0.6) is 0 Å². The molecule has 10 heteroatoms. The van der Waals surface area contributed by atoms with E-state index in [9.17, 15) is 18.3 Å². The normalized spacial score (nSPS) is 11.3. The van der Waals surface area contributed by atoms with Gasteiger partial charge in [-0.05, 0) is 48.0 Å². The zero-order chi connectivity index (χ0) is 22.0. The van der Waals surface area contributed by atoms with Crippen LogP contribution in [-0.2, 0) is 10.0 Å². The number of hydrogen-bond acceptors (Lipinski definition) is 7. The fraction of sp³-hybridized carbons (Fsp3) is 0. The van der Waals surface area contributed by atoms with Gasteiger partial charge in [0, 0.05) is 10.7 Å². The smallest absolute Gasteiger partial charge is 0.263 e. The van der Waals surface area contributed by atoms with E-state index < -0.39 is 16.0 Å². The predicted octanol–water partition coefficient (Wildman–Crippen LogP) is 3.19. The van der Waals surface area contributed by atoms with E-state index in [-0.39, 0.29) is 27.1 Å². The molecular weight excluding hydrogens is 440 g/mol. The molecule has 156 valence electrons. The van der Waals surface area contributed by atoms with Crippen LogP contribution in [-0.4, -0.2) is 24.4 Å². The third kappa shape index (κ3) is 4.57. The zero-order valence-electron chi connectivity index (χ0n) is 15.7. The van der Waals surface area contributed by atoms with Gasteiger partial charge in [-0.15, -0.1) is 0 Å². The van der Waals surface area contributed by atoms with E-state index in [1.54, 1.807) is 36.4 Å². The summed E-state index contributed by atoms with van der Waals surface area (Å²) in [5, 5.41) is 14.3. The maximum atomic E-state index is 12.9. The molecule has 0 spiro atoms. The molecule has 1 heterocycles.